The number of amides is 1. The highest BCUT2D eigenvalue weighted by atomic mass is 32.1. The predicted octanol–water partition coefficient (Wildman–Crippen LogP) is 2.06. The van der Waals surface area contributed by atoms with Crippen molar-refractivity contribution in [3.8, 4) is 0 Å². The zero-order chi connectivity index (χ0) is 12.8. The minimum atomic E-state index is -0.369. The van der Waals surface area contributed by atoms with Crippen LogP contribution in [0.1, 0.15) is 44.2 Å². The van der Waals surface area contributed by atoms with E-state index in [4.69, 9.17) is 5.73 Å². The van der Waals surface area contributed by atoms with Crippen molar-refractivity contribution in [1.82, 2.24) is 10.3 Å². The Hall–Kier alpha value is -0.940. The topological polar surface area (TPSA) is 68.0 Å². The molecule has 0 bridgehead atoms. The number of hydrogen-bond acceptors (Lipinski definition) is 4. The molecular formula is C13H21N3OS. The average molecular weight is 267 g/mol. The first-order chi connectivity index (χ1) is 8.75. The molecule has 0 saturated heterocycles. The Morgan fingerprint density at radius 2 is 2.28 bits per heavy atom. The summed E-state index contributed by atoms with van der Waals surface area (Å²) in [5.41, 5.74) is 8.63. The lowest BCUT2D eigenvalue weighted by Gasteiger charge is -2.24. The van der Waals surface area contributed by atoms with E-state index in [0.717, 1.165) is 12.1 Å². The van der Waals surface area contributed by atoms with E-state index in [2.05, 4.69) is 10.3 Å². The average Bonchev–Trinajstić information content (AvgIpc) is 2.90. The van der Waals surface area contributed by atoms with E-state index in [1.54, 1.807) is 5.51 Å². The van der Waals surface area contributed by atoms with E-state index in [0.29, 0.717) is 12.5 Å². The van der Waals surface area contributed by atoms with Crippen molar-refractivity contribution >= 4 is 17.2 Å². The number of carbonyl (C=O) groups excluding carboxylic acids is 1. The fourth-order valence-electron chi connectivity index (χ4n) is 2.52. The minimum Gasteiger partial charge on any atom is -0.349 e. The molecule has 1 atom stereocenters. The maximum atomic E-state index is 11.9. The molecule has 1 aromatic rings. The third-order valence-electron chi connectivity index (χ3n) is 3.58. The van der Waals surface area contributed by atoms with Crippen molar-refractivity contribution in [1.29, 1.82) is 0 Å². The molecule has 4 nitrogen and oxygen atoms in total. The number of rotatable bonds is 5. The molecule has 0 spiro atoms. The first-order valence-corrected chi connectivity index (χ1v) is 7.60. The first kappa shape index (κ1) is 13.5. The van der Waals surface area contributed by atoms with Gasteiger partial charge in [0.25, 0.3) is 0 Å². The number of carbonyl (C=O) groups is 1. The number of hydrogen-bond donors (Lipinski definition) is 2. The summed E-state index contributed by atoms with van der Waals surface area (Å²) in [6.07, 6.45) is 7.19. The Bertz CT molecular complexity index is 360. The molecule has 18 heavy (non-hydrogen) atoms. The van der Waals surface area contributed by atoms with Gasteiger partial charge in [-0.15, -0.1) is 11.3 Å². The van der Waals surface area contributed by atoms with E-state index < -0.39 is 0 Å². The number of nitrogens with two attached hydrogens (primary N) is 1. The highest BCUT2D eigenvalue weighted by molar-refractivity contribution is 7.07. The van der Waals surface area contributed by atoms with Crippen LogP contribution < -0.4 is 11.1 Å². The smallest absolute Gasteiger partial charge is 0.237 e. The van der Waals surface area contributed by atoms with Gasteiger partial charge in [-0.1, -0.05) is 32.1 Å². The second-order valence-electron chi connectivity index (χ2n) is 5.04. The maximum Gasteiger partial charge on any atom is 0.237 e. The summed E-state index contributed by atoms with van der Waals surface area (Å²) < 4.78 is 0. The lowest BCUT2D eigenvalue weighted by atomic mass is 9.85. The highest BCUT2D eigenvalue weighted by Gasteiger charge is 2.21. The number of nitrogens with one attached hydrogen (secondary N) is 1. The summed E-state index contributed by atoms with van der Waals surface area (Å²) in [5, 5.41) is 4.79. The summed E-state index contributed by atoms with van der Waals surface area (Å²) in [5.74, 6) is 0.590. The third-order valence-corrected chi connectivity index (χ3v) is 4.21. The number of thiazole rings is 1. The highest BCUT2D eigenvalue weighted by Crippen LogP contribution is 2.26. The van der Waals surface area contributed by atoms with Crippen molar-refractivity contribution in [3.05, 3.63) is 16.6 Å². The van der Waals surface area contributed by atoms with Crippen molar-refractivity contribution in [2.75, 3.05) is 0 Å². The van der Waals surface area contributed by atoms with Crippen LogP contribution in [0.3, 0.4) is 0 Å². The molecule has 1 aliphatic carbocycles. The van der Waals surface area contributed by atoms with Gasteiger partial charge in [-0.2, -0.15) is 0 Å². The standard InChI is InChI=1S/C13H21N3OS/c14-12(6-10-4-2-1-3-5-10)13(17)15-7-11-8-18-9-16-11/h8-10,12H,1-7,14H2,(H,15,17). The lowest BCUT2D eigenvalue weighted by molar-refractivity contribution is -0.123. The minimum absolute atomic E-state index is 0.0476. The molecule has 100 valence electrons. The van der Waals surface area contributed by atoms with E-state index in [1.165, 1.54) is 43.4 Å². The Balaban J connectivity index is 1.70. The van der Waals surface area contributed by atoms with Crippen LogP contribution in [0.25, 0.3) is 0 Å². The van der Waals surface area contributed by atoms with Gasteiger partial charge in [0, 0.05) is 5.38 Å². The van der Waals surface area contributed by atoms with Gasteiger partial charge in [-0.25, -0.2) is 4.98 Å². The molecule has 1 heterocycles. The zero-order valence-corrected chi connectivity index (χ0v) is 11.4. The molecule has 2 rings (SSSR count). The molecule has 1 unspecified atom stereocenters. The van der Waals surface area contributed by atoms with E-state index >= 15 is 0 Å². The molecule has 0 radical (unpaired) electrons. The summed E-state index contributed by atoms with van der Waals surface area (Å²) in [6.45, 7) is 0.487. The second kappa shape index (κ2) is 6.85. The van der Waals surface area contributed by atoms with Crippen molar-refractivity contribution in [2.45, 2.75) is 51.1 Å². The molecule has 1 aliphatic rings. The van der Waals surface area contributed by atoms with E-state index in [1.807, 2.05) is 5.38 Å². The summed E-state index contributed by atoms with van der Waals surface area (Å²) in [4.78, 5) is 16.0. The Morgan fingerprint density at radius 1 is 1.50 bits per heavy atom. The fraction of sp³-hybridized carbons (Fsp3) is 0.692. The molecule has 1 saturated carbocycles. The van der Waals surface area contributed by atoms with Crippen LogP contribution in [-0.4, -0.2) is 16.9 Å². The molecule has 1 fully saturated rings. The quantitative estimate of drug-likeness (QED) is 0.858. The van der Waals surface area contributed by atoms with Crippen molar-refractivity contribution in [2.24, 2.45) is 11.7 Å². The van der Waals surface area contributed by atoms with Gasteiger partial charge in [0.2, 0.25) is 5.91 Å². The molecule has 0 aliphatic heterocycles. The molecule has 3 N–H and O–H groups in total. The molecule has 1 amide bonds. The number of nitrogens with zero attached hydrogens (tertiary/aromatic N) is 1. The van der Waals surface area contributed by atoms with Gasteiger partial charge in [0.1, 0.15) is 0 Å². The van der Waals surface area contributed by atoms with E-state index in [9.17, 15) is 4.79 Å². The van der Waals surface area contributed by atoms with Gasteiger partial charge in [0.15, 0.2) is 0 Å². The fourth-order valence-corrected chi connectivity index (χ4v) is 3.08. The van der Waals surface area contributed by atoms with Crippen LogP contribution in [0.4, 0.5) is 0 Å². The van der Waals surface area contributed by atoms with Crippen LogP contribution in [-0.2, 0) is 11.3 Å². The second-order valence-corrected chi connectivity index (χ2v) is 5.76. The summed E-state index contributed by atoms with van der Waals surface area (Å²) in [7, 11) is 0. The molecule has 0 aromatic carbocycles. The number of aromatic nitrogens is 1. The van der Waals surface area contributed by atoms with Crippen molar-refractivity contribution < 1.29 is 4.79 Å². The molecule has 5 heteroatoms. The van der Waals surface area contributed by atoms with Crippen LogP contribution in [0, 0.1) is 5.92 Å². The normalized spacial score (nSPS) is 18.5. The van der Waals surface area contributed by atoms with Gasteiger partial charge in [0.05, 0.1) is 23.8 Å². The zero-order valence-electron chi connectivity index (χ0n) is 10.6. The largest absolute Gasteiger partial charge is 0.349 e. The first-order valence-electron chi connectivity index (χ1n) is 6.66. The van der Waals surface area contributed by atoms with Gasteiger partial charge >= 0.3 is 0 Å². The van der Waals surface area contributed by atoms with Gasteiger partial charge in [-0.3, -0.25) is 4.79 Å². The molecular weight excluding hydrogens is 246 g/mol. The molecule has 1 aromatic heterocycles. The Labute approximate surface area is 112 Å². The predicted molar refractivity (Wildman–Crippen MR) is 73.1 cm³/mol. The maximum absolute atomic E-state index is 11.9. The van der Waals surface area contributed by atoms with Gasteiger partial charge < -0.3 is 11.1 Å². The monoisotopic (exact) mass is 267 g/mol. The van der Waals surface area contributed by atoms with Crippen LogP contribution in [0.2, 0.25) is 0 Å². The van der Waals surface area contributed by atoms with Crippen molar-refractivity contribution in [3.63, 3.8) is 0 Å². The van der Waals surface area contributed by atoms with Gasteiger partial charge in [-0.05, 0) is 12.3 Å². The van der Waals surface area contributed by atoms with Crippen LogP contribution >= 0.6 is 11.3 Å². The summed E-state index contributed by atoms with van der Waals surface area (Å²) >= 11 is 1.53. The SMILES string of the molecule is NC(CC1CCCCC1)C(=O)NCc1cscn1. The lowest BCUT2D eigenvalue weighted by Crippen LogP contribution is -2.41. The van der Waals surface area contributed by atoms with Crippen LogP contribution in [0.15, 0.2) is 10.9 Å². The van der Waals surface area contributed by atoms with Crippen LogP contribution in [0.5, 0.6) is 0 Å². The summed E-state index contributed by atoms with van der Waals surface area (Å²) in [6, 6.07) is -0.369. The Kier molecular flexibility index (Phi) is 5.13. The Morgan fingerprint density at radius 3 is 2.94 bits per heavy atom. The van der Waals surface area contributed by atoms with E-state index in [-0.39, 0.29) is 11.9 Å². The third kappa shape index (κ3) is 4.07.